The molecule has 0 unspecified atom stereocenters. The minimum Gasteiger partial charge on any atom is -0.380 e. The number of nitrogens with one attached hydrogen (secondary N) is 1. The Morgan fingerprint density at radius 3 is 2.86 bits per heavy atom. The van der Waals surface area contributed by atoms with Gasteiger partial charge in [-0.15, -0.1) is 0 Å². The van der Waals surface area contributed by atoms with Crippen LogP contribution in [-0.2, 0) is 0 Å². The molecule has 1 aromatic carbocycles. The van der Waals surface area contributed by atoms with Crippen molar-refractivity contribution in [3.05, 3.63) is 33.9 Å². The summed E-state index contributed by atoms with van der Waals surface area (Å²) in [5.74, 6) is 0. The van der Waals surface area contributed by atoms with Crippen molar-refractivity contribution in [3.63, 3.8) is 0 Å². The molecule has 0 fully saturated rings. The average molecular weight is 191 g/mol. The molecule has 1 aromatic rings. The average Bonchev–Trinajstić information content (AvgIpc) is 2.17. The van der Waals surface area contributed by atoms with Crippen LogP contribution in [0.25, 0.3) is 0 Å². The van der Waals surface area contributed by atoms with Crippen molar-refractivity contribution in [1.29, 1.82) is 5.26 Å². The first-order valence-corrected chi connectivity index (χ1v) is 4.12. The quantitative estimate of drug-likeness (QED) is 0.584. The third-order valence-electron chi connectivity index (χ3n) is 1.71. The summed E-state index contributed by atoms with van der Waals surface area (Å²) in [6.07, 6.45) is 0. The fraction of sp³-hybridized carbons (Fsp3) is 0.222. The molecular formula is C9H9N3O2. The molecule has 0 heterocycles. The molecule has 0 radical (unpaired) electrons. The number of hydrogen-bond acceptors (Lipinski definition) is 4. The molecule has 0 amide bonds. The Bertz CT molecular complexity index is 396. The van der Waals surface area contributed by atoms with Crippen LogP contribution in [0.15, 0.2) is 18.2 Å². The van der Waals surface area contributed by atoms with Crippen LogP contribution in [0.2, 0.25) is 0 Å². The number of rotatable bonds is 3. The lowest BCUT2D eigenvalue weighted by atomic mass is 10.1. The van der Waals surface area contributed by atoms with Gasteiger partial charge in [0.2, 0.25) is 0 Å². The molecule has 0 saturated carbocycles. The van der Waals surface area contributed by atoms with Gasteiger partial charge in [-0.1, -0.05) is 6.07 Å². The standard InChI is InChI=1S/C9H9N3O2/c1-2-11-8-5-3-4-7(6-10)9(8)12(13)14/h3-5,11H,2H2,1H3. The largest absolute Gasteiger partial charge is 0.380 e. The Morgan fingerprint density at radius 2 is 2.36 bits per heavy atom. The van der Waals surface area contributed by atoms with E-state index < -0.39 is 4.92 Å². The number of nitriles is 1. The molecule has 0 aliphatic rings. The molecule has 0 aliphatic heterocycles. The van der Waals surface area contributed by atoms with Gasteiger partial charge >= 0.3 is 5.69 Å². The van der Waals surface area contributed by atoms with E-state index in [0.717, 1.165) is 0 Å². The molecule has 5 nitrogen and oxygen atoms in total. The van der Waals surface area contributed by atoms with Crippen LogP contribution in [0.4, 0.5) is 11.4 Å². The number of anilines is 1. The summed E-state index contributed by atoms with van der Waals surface area (Å²) < 4.78 is 0. The Morgan fingerprint density at radius 1 is 1.64 bits per heavy atom. The van der Waals surface area contributed by atoms with Crippen LogP contribution < -0.4 is 5.32 Å². The lowest BCUT2D eigenvalue weighted by Crippen LogP contribution is -2.02. The van der Waals surface area contributed by atoms with Gasteiger partial charge in [0.1, 0.15) is 17.3 Å². The Kier molecular flexibility index (Phi) is 3.02. The maximum Gasteiger partial charge on any atom is 0.309 e. The predicted octanol–water partition coefficient (Wildman–Crippen LogP) is 1.90. The zero-order valence-electron chi connectivity index (χ0n) is 7.65. The number of nitro benzene ring substituents is 1. The molecule has 0 aliphatic carbocycles. The fourth-order valence-electron chi connectivity index (χ4n) is 1.16. The minimum atomic E-state index is -0.545. The highest BCUT2D eigenvalue weighted by Gasteiger charge is 2.18. The highest BCUT2D eigenvalue weighted by atomic mass is 16.6. The first-order valence-electron chi connectivity index (χ1n) is 4.12. The Balaban J connectivity index is 3.30. The minimum absolute atomic E-state index is 0.0773. The zero-order chi connectivity index (χ0) is 10.6. The van der Waals surface area contributed by atoms with Crippen LogP contribution in [0.5, 0.6) is 0 Å². The van der Waals surface area contributed by atoms with Crippen molar-refractivity contribution in [2.45, 2.75) is 6.92 Å². The van der Waals surface area contributed by atoms with Gasteiger partial charge in [0, 0.05) is 6.54 Å². The van der Waals surface area contributed by atoms with E-state index >= 15 is 0 Å². The molecule has 5 heteroatoms. The third kappa shape index (κ3) is 1.80. The second kappa shape index (κ2) is 4.23. The number of para-hydroxylation sites is 1. The predicted molar refractivity (Wildman–Crippen MR) is 52.0 cm³/mol. The van der Waals surface area contributed by atoms with Gasteiger partial charge in [0.05, 0.1) is 4.92 Å². The molecule has 0 saturated heterocycles. The topological polar surface area (TPSA) is 79.0 Å². The van der Waals surface area contributed by atoms with Crippen LogP contribution in [0.3, 0.4) is 0 Å². The van der Waals surface area contributed by atoms with E-state index in [1.807, 2.05) is 6.92 Å². The van der Waals surface area contributed by atoms with Crippen LogP contribution in [0.1, 0.15) is 12.5 Å². The first-order chi connectivity index (χ1) is 6.70. The lowest BCUT2D eigenvalue weighted by Gasteiger charge is -2.04. The summed E-state index contributed by atoms with van der Waals surface area (Å²) >= 11 is 0. The molecular weight excluding hydrogens is 182 g/mol. The van der Waals surface area contributed by atoms with E-state index in [9.17, 15) is 10.1 Å². The summed E-state index contributed by atoms with van der Waals surface area (Å²) in [6.45, 7) is 2.42. The van der Waals surface area contributed by atoms with Crippen molar-refractivity contribution in [1.82, 2.24) is 0 Å². The maximum absolute atomic E-state index is 10.7. The van der Waals surface area contributed by atoms with E-state index in [-0.39, 0.29) is 11.3 Å². The first kappa shape index (κ1) is 9.99. The van der Waals surface area contributed by atoms with Crippen LogP contribution >= 0.6 is 0 Å². The number of nitro groups is 1. The number of nitrogens with zero attached hydrogens (tertiary/aromatic N) is 2. The molecule has 72 valence electrons. The van der Waals surface area contributed by atoms with Crippen molar-refractivity contribution >= 4 is 11.4 Å². The highest BCUT2D eigenvalue weighted by molar-refractivity contribution is 5.68. The van der Waals surface area contributed by atoms with E-state index in [1.165, 1.54) is 6.07 Å². The molecule has 1 rings (SSSR count). The SMILES string of the molecule is CCNc1cccc(C#N)c1[N+](=O)[O-]. The zero-order valence-corrected chi connectivity index (χ0v) is 7.65. The summed E-state index contributed by atoms with van der Waals surface area (Å²) in [7, 11) is 0. The van der Waals surface area contributed by atoms with Crippen molar-refractivity contribution in [2.75, 3.05) is 11.9 Å². The van der Waals surface area contributed by atoms with Gasteiger partial charge in [0.15, 0.2) is 0 Å². The molecule has 14 heavy (non-hydrogen) atoms. The Hall–Kier alpha value is -2.09. The van der Waals surface area contributed by atoms with Gasteiger partial charge in [-0.3, -0.25) is 10.1 Å². The third-order valence-corrected chi connectivity index (χ3v) is 1.71. The maximum atomic E-state index is 10.7. The summed E-state index contributed by atoms with van der Waals surface area (Å²) in [5.41, 5.74) is 0.307. The second-order valence-corrected chi connectivity index (χ2v) is 2.60. The van der Waals surface area contributed by atoms with E-state index in [4.69, 9.17) is 5.26 Å². The number of benzene rings is 1. The molecule has 0 spiro atoms. The fourth-order valence-corrected chi connectivity index (χ4v) is 1.16. The van der Waals surface area contributed by atoms with Crippen LogP contribution in [-0.4, -0.2) is 11.5 Å². The van der Waals surface area contributed by atoms with E-state index in [0.29, 0.717) is 12.2 Å². The van der Waals surface area contributed by atoms with Crippen LogP contribution in [0, 0.1) is 21.4 Å². The van der Waals surface area contributed by atoms with Crippen molar-refractivity contribution < 1.29 is 4.92 Å². The van der Waals surface area contributed by atoms with Gasteiger partial charge < -0.3 is 5.32 Å². The van der Waals surface area contributed by atoms with Gasteiger partial charge in [0.25, 0.3) is 0 Å². The summed E-state index contributed by atoms with van der Waals surface area (Å²) in [4.78, 5) is 10.1. The van der Waals surface area contributed by atoms with Gasteiger partial charge in [-0.25, -0.2) is 0 Å². The number of hydrogen-bond donors (Lipinski definition) is 1. The van der Waals surface area contributed by atoms with E-state index in [1.54, 1.807) is 18.2 Å². The molecule has 0 aromatic heterocycles. The van der Waals surface area contributed by atoms with Gasteiger partial charge in [-0.2, -0.15) is 5.26 Å². The molecule has 0 bridgehead atoms. The highest BCUT2D eigenvalue weighted by Crippen LogP contribution is 2.27. The second-order valence-electron chi connectivity index (χ2n) is 2.60. The van der Waals surface area contributed by atoms with E-state index in [2.05, 4.69) is 5.32 Å². The Labute approximate surface area is 81.1 Å². The summed E-state index contributed by atoms with van der Waals surface area (Å²) in [5, 5.41) is 22.2. The van der Waals surface area contributed by atoms with Crippen molar-refractivity contribution in [2.24, 2.45) is 0 Å². The normalized spacial score (nSPS) is 9.14. The van der Waals surface area contributed by atoms with Crippen molar-refractivity contribution in [3.8, 4) is 6.07 Å². The smallest absolute Gasteiger partial charge is 0.309 e. The lowest BCUT2D eigenvalue weighted by molar-refractivity contribution is -0.384. The monoisotopic (exact) mass is 191 g/mol. The summed E-state index contributed by atoms with van der Waals surface area (Å²) in [6, 6.07) is 6.42. The molecule has 0 atom stereocenters. The molecule has 1 N–H and O–H groups in total. The van der Waals surface area contributed by atoms with Gasteiger partial charge in [-0.05, 0) is 19.1 Å².